The molecule has 0 aromatic rings. The summed E-state index contributed by atoms with van der Waals surface area (Å²) in [6.07, 6.45) is 6.22. The average molecular weight is 217 g/mol. The molecule has 0 N–H and O–H groups in total. The van der Waals surface area contributed by atoms with Gasteiger partial charge < -0.3 is 4.90 Å². The molecule has 1 heterocycles. The predicted molar refractivity (Wildman–Crippen MR) is 62.5 cm³/mol. The fraction of sp³-hybridized carbons (Fsp3) is 0.786. The lowest BCUT2D eigenvalue weighted by Gasteiger charge is -2.43. The molecule has 1 amide bonds. The molecular weight excluding hydrogens is 198 g/mol. The Balaban J connectivity index is 1.57. The summed E-state index contributed by atoms with van der Waals surface area (Å²) in [5, 5.41) is 0. The lowest BCUT2D eigenvalue weighted by atomic mass is 9.62. The molecule has 16 heavy (non-hydrogen) atoms. The SMILES string of the molecule is CC1CC2(CCN(C(=O)C#CC3CC3)C2)C1. The Morgan fingerprint density at radius 2 is 2.12 bits per heavy atom. The molecule has 0 aromatic carbocycles. The highest BCUT2D eigenvalue weighted by Crippen LogP contribution is 2.51. The Labute approximate surface area is 97.4 Å². The molecule has 0 atom stereocenters. The van der Waals surface area contributed by atoms with Crippen molar-refractivity contribution in [1.82, 2.24) is 4.90 Å². The monoisotopic (exact) mass is 217 g/mol. The normalized spacial score (nSPS) is 36.8. The quantitative estimate of drug-likeness (QED) is 0.569. The zero-order valence-electron chi connectivity index (χ0n) is 9.96. The maximum absolute atomic E-state index is 11.8. The van der Waals surface area contributed by atoms with Crippen LogP contribution < -0.4 is 0 Å². The second kappa shape index (κ2) is 3.52. The van der Waals surface area contributed by atoms with Crippen LogP contribution in [0.2, 0.25) is 0 Å². The molecule has 1 saturated heterocycles. The molecule has 0 bridgehead atoms. The van der Waals surface area contributed by atoms with Crippen molar-refractivity contribution in [3.8, 4) is 11.8 Å². The van der Waals surface area contributed by atoms with E-state index in [1.54, 1.807) is 0 Å². The van der Waals surface area contributed by atoms with Crippen LogP contribution in [0.3, 0.4) is 0 Å². The molecule has 0 unspecified atom stereocenters. The number of hydrogen-bond donors (Lipinski definition) is 0. The number of likely N-dealkylation sites (tertiary alicyclic amines) is 1. The van der Waals surface area contributed by atoms with Crippen molar-refractivity contribution in [3.05, 3.63) is 0 Å². The number of carbonyl (C=O) groups excluding carboxylic acids is 1. The van der Waals surface area contributed by atoms with E-state index in [2.05, 4.69) is 18.8 Å². The zero-order valence-corrected chi connectivity index (χ0v) is 9.96. The van der Waals surface area contributed by atoms with Crippen LogP contribution in [-0.4, -0.2) is 23.9 Å². The lowest BCUT2D eigenvalue weighted by molar-refractivity contribution is -0.125. The molecule has 0 aromatic heterocycles. The van der Waals surface area contributed by atoms with E-state index in [1.165, 1.54) is 32.1 Å². The maximum atomic E-state index is 11.8. The van der Waals surface area contributed by atoms with Crippen LogP contribution in [0.5, 0.6) is 0 Å². The van der Waals surface area contributed by atoms with Gasteiger partial charge in [-0.3, -0.25) is 4.79 Å². The summed E-state index contributed by atoms with van der Waals surface area (Å²) in [6.45, 7) is 4.21. The van der Waals surface area contributed by atoms with E-state index < -0.39 is 0 Å². The number of carbonyl (C=O) groups is 1. The van der Waals surface area contributed by atoms with Gasteiger partial charge in [-0.1, -0.05) is 12.8 Å². The summed E-state index contributed by atoms with van der Waals surface area (Å²) in [6, 6.07) is 0. The summed E-state index contributed by atoms with van der Waals surface area (Å²) in [7, 11) is 0. The van der Waals surface area contributed by atoms with Crippen LogP contribution in [0.1, 0.15) is 39.0 Å². The first-order chi connectivity index (χ1) is 7.67. The van der Waals surface area contributed by atoms with Crippen molar-refractivity contribution in [3.63, 3.8) is 0 Å². The molecule has 2 aliphatic carbocycles. The van der Waals surface area contributed by atoms with Crippen LogP contribution in [0.25, 0.3) is 0 Å². The minimum absolute atomic E-state index is 0.0725. The third-order valence-electron chi connectivity index (χ3n) is 4.25. The topological polar surface area (TPSA) is 20.3 Å². The van der Waals surface area contributed by atoms with Gasteiger partial charge in [-0.05, 0) is 49.4 Å². The predicted octanol–water partition coefficient (Wildman–Crippen LogP) is 2.05. The number of rotatable bonds is 0. The molecule has 1 aliphatic heterocycles. The molecule has 3 fully saturated rings. The van der Waals surface area contributed by atoms with E-state index in [4.69, 9.17) is 0 Å². The van der Waals surface area contributed by atoms with Gasteiger partial charge in [0.1, 0.15) is 0 Å². The second-order valence-electron chi connectivity index (χ2n) is 6.03. The minimum atomic E-state index is 0.0725. The third kappa shape index (κ3) is 1.84. The summed E-state index contributed by atoms with van der Waals surface area (Å²) in [5.74, 6) is 7.36. The van der Waals surface area contributed by atoms with Crippen LogP contribution in [0.4, 0.5) is 0 Å². The summed E-state index contributed by atoms with van der Waals surface area (Å²) >= 11 is 0. The van der Waals surface area contributed by atoms with Crippen LogP contribution >= 0.6 is 0 Å². The molecule has 1 spiro atoms. The van der Waals surface area contributed by atoms with Crippen LogP contribution in [-0.2, 0) is 4.79 Å². The van der Waals surface area contributed by atoms with Gasteiger partial charge in [0.2, 0.25) is 0 Å². The highest BCUT2D eigenvalue weighted by Gasteiger charge is 2.47. The van der Waals surface area contributed by atoms with E-state index in [9.17, 15) is 4.79 Å². The summed E-state index contributed by atoms with van der Waals surface area (Å²) in [5.41, 5.74) is 0.482. The fourth-order valence-electron chi connectivity index (χ4n) is 3.33. The van der Waals surface area contributed by atoms with Gasteiger partial charge in [0.25, 0.3) is 5.91 Å². The van der Waals surface area contributed by atoms with Gasteiger partial charge >= 0.3 is 0 Å². The first-order valence-corrected chi connectivity index (χ1v) is 6.47. The maximum Gasteiger partial charge on any atom is 0.298 e. The lowest BCUT2D eigenvalue weighted by Crippen LogP contribution is -2.39. The van der Waals surface area contributed by atoms with Gasteiger partial charge in [-0.15, -0.1) is 0 Å². The molecule has 2 heteroatoms. The van der Waals surface area contributed by atoms with Gasteiger partial charge in [-0.25, -0.2) is 0 Å². The first-order valence-electron chi connectivity index (χ1n) is 6.47. The van der Waals surface area contributed by atoms with Crippen molar-refractivity contribution >= 4 is 5.91 Å². The zero-order chi connectivity index (χ0) is 11.2. The highest BCUT2D eigenvalue weighted by atomic mass is 16.2. The minimum Gasteiger partial charge on any atom is -0.331 e. The Morgan fingerprint density at radius 3 is 2.75 bits per heavy atom. The van der Waals surface area contributed by atoms with Crippen molar-refractivity contribution in [1.29, 1.82) is 0 Å². The Bertz CT molecular complexity index is 366. The standard InChI is InChI=1S/C14H19NO/c1-11-8-14(9-11)6-7-15(10-14)13(16)5-4-12-2-3-12/h11-12H,2-3,6-10H2,1H3. The Hall–Kier alpha value is -0.970. The largest absolute Gasteiger partial charge is 0.331 e. The smallest absolute Gasteiger partial charge is 0.298 e. The first kappa shape index (κ1) is 10.2. The molecule has 3 rings (SSSR count). The van der Waals surface area contributed by atoms with Gasteiger partial charge in [0.15, 0.2) is 0 Å². The molecule has 3 aliphatic rings. The molecule has 0 radical (unpaired) electrons. The van der Waals surface area contributed by atoms with E-state index in [0.29, 0.717) is 11.3 Å². The van der Waals surface area contributed by atoms with E-state index in [0.717, 1.165) is 19.0 Å². The van der Waals surface area contributed by atoms with Crippen LogP contribution in [0.15, 0.2) is 0 Å². The van der Waals surface area contributed by atoms with Crippen molar-refractivity contribution in [2.45, 2.75) is 39.0 Å². The fourth-order valence-corrected chi connectivity index (χ4v) is 3.33. The number of amides is 1. The van der Waals surface area contributed by atoms with E-state index >= 15 is 0 Å². The third-order valence-corrected chi connectivity index (χ3v) is 4.25. The second-order valence-corrected chi connectivity index (χ2v) is 6.03. The molecule has 2 saturated carbocycles. The average Bonchev–Trinajstić information content (AvgIpc) is 2.94. The van der Waals surface area contributed by atoms with E-state index in [1.807, 2.05) is 4.90 Å². The van der Waals surface area contributed by atoms with Crippen molar-refractivity contribution in [2.24, 2.45) is 17.3 Å². The number of nitrogens with zero attached hydrogens (tertiary/aromatic N) is 1. The number of hydrogen-bond acceptors (Lipinski definition) is 1. The van der Waals surface area contributed by atoms with Crippen molar-refractivity contribution < 1.29 is 4.79 Å². The van der Waals surface area contributed by atoms with Gasteiger partial charge in [0.05, 0.1) is 0 Å². The molecule has 86 valence electrons. The van der Waals surface area contributed by atoms with E-state index in [-0.39, 0.29) is 5.91 Å². The van der Waals surface area contributed by atoms with Gasteiger partial charge in [0, 0.05) is 19.0 Å². The van der Waals surface area contributed by atoms with Gasteiger partial charge in [-0.2, -0.15) is 0 Å². The highest BCUT2D eigenvalue weighted by molar-refractivity contribution is 5.93. The summed E-state index contributed by atoms with van der Waals surface area (Å²) < 4.78 is 0. The molecular formula is C14H19NO. The van der Waals surface area contributed by atoms with Crippen molar-refractivity contribution in [2.75, 3.05) is 13.1 Å². The Kier molecular flexibility index (Phi) is 2.24. The van der Waals surface area contributed by atoms with Crippen LogP contribution in [0, 0.1) is 29.1 Å². The Morgan fingerprint density at radius 1 is 1.38 bits per heavy atom. The molecule has 2 nitrogen and oxygen atoms in total. The summed E-state index contributed by atoms with van der Waals surface area (Å²) in [4.78, 5) is 13.8.